The summed E-state index contributed by atoms with van der Waals surface area (Å²) >= 11 is 0. The average Bonchev–Trinajstić information content (AvgIpc) is 3.62. The van der Waals surface area contributed by atoms with Crippen LogP contribution < -0.4 is 4.90 Å². The molecule has 56 heavy (non-hydrogen) atoms. The van der Waals surface area contributed by atoms with E-state index in [9.17, 15) is 0 Å². The Morgan fingerprint density at radius 2 is 0.821 bits per heavy atom. The van der Waals surface area contributed by atoms with E-state index in [2.05, 4.69) is 191 Å². The van der Waals surface area contributed by atoms with Crippen molar-refractivity contribution in [2.45, 2.75) is 0 Å². The maximum absolute atomic E-state index is 5.21. The standard InChI is InChI=1S/C51H35N5/c1-5-17-37(18-6-1)49-52-50(54-51(53-49)45-28-16-30-47-48(45)44-27-13-14-29-46(44)56(47)42-24-11-4-12-25-42)38-33-31-36(32-34-38)39-19-15-26-43(35-39)55(40-20-7-2-8-21-40)41-22-9-3-10-23-41/h1-35H. The first-order valence-corrected chi connectivity index (χ1v) is 18.8. The molecule has 0 spiro atoms. The van der Waals surface area contributed by atoms with Crippen LogP contribution in [0.2, 0.25) is 0 Å². The molecule has 0 unspecified atom stereocenters. The van der Waals surface area contributed by atoms with Gasteiger partial charge in [-0.05, 0) is 71.8 Å². The Bertz CT molecular complexity index is 2900. The zero-order valence-corrected chi connectivity index (χ0v) is 30.4. The summed E-state index contributed by atoms with van der Waals surface area (Å²) in [6.45, 7) is 0. The lowest BCUT2D eigenvalue weighted by molar-refractivity contribution is 1.08. The van der Waals surface area contributed by atoms with Crippen molar-refractivity contribution in [3.05, 3.63) is 212 Å². The lowest BCUT2D eigenvalue weighted by atomic mass is 10.0. The Morgan fingerprint density at radius 3 is 1.50 bits per heavy atom. The number of anilines is 3. The van der Waals surface area contributed by atoms with E-state index in [1.54, 1.807) is 0 Å². The van der Waals surface area contributed by atoms with Gasteiger partial charge in [-0.25, -0.2) is 15.0 Å². The summed E-state index contributed by atoms with van der Waals surface area (Å²) in [5, 5.41) is 2.26. The van der Waals surface area contributed by atoms with Crippen molar-refractivity contribution < 1.29 is 0 Å². The topological polar surface area (TPSA) is 46.8 Å². The summed E-state index contributed by atoms with van der Waals surface area (Å²) < 4.78 is 2.32. The third-order valence-corrected chi connectivity index (χ3v) is 10.2. The SMILES string of the molecule is c1ccc(-c2nc(-c3ccc(-c4cccc(N(c5ccccc5)c5ccccc5)c4)cc3)nc(-c3cccc4c3c3ccccc3n4-c3ccccc3)n2)cc1. The second-order valence-electron chi connectivity index (χ2n) is 13.7. The number of nitrogens with zero attached hydrogens (tertiary/aromatic N) is 5. The first-order chi connectivity index (χ1) is 27.8. The molecule has 0 saturated heterocycles. The van der Waals surface area contributed by atoms with Crippen LogP contribution >= 0.6 is 0 Å². The smallest absolute Gasteiger partial charge is 0.164 e. The van der Waals surface area contributed by atoms with Gasteiger partial charge in [-0.2, -0.15) is 0 Å². The van der Waals surface area contributed by atoms with Gasteiger partial charge < -0.3 is 9.47 Å². The van der Waals surface area contributed by atoms with E-state index >= 15 is 0 Å². The maximum Gasteiger partial charge on any atom is 0.164 e. The van der Waals surface area contributed by atoms with Crippen LogP contribution in [0.25, 0.3) is 72.8 Å². The van der Waals surface area contributed by atoms with Crippen LogP contribution in [-0.2, 0) is 0 Å². The van der Waals surface area contributed by atoms with Gasteiger partial charge in [0, 0.05) is 50.2 Å². The Morgan fingerprint density at radius 1 is 0.339 bits per heavy atom. The monoisotopic (exact) mass is 717 g/mol. The fraction of sp³-hybridized carbons (Fsp3) is 0. The van der Waals surface area contributed by atoms with Gasteiger partial charge in [0.2, 0.25) is 0 Å². The average molecular weight is 718 g/mol. The molecule has 264 valence electrons. The molecule has 0 N–H and O–H groups in total. The summed E-state index contributed by atoms with van der Waals surface area (Å²) in [4.78, 5) is 17.7. The van der Waals surface area contributed by atoms with Crippen molar-refractivity contribution in [2.75, 3.05) is 4.90 Å². The lowest BCUT2D eigenvalue weighted by Gasteiger charge is -2.25. The summed E-state index contributed by atoms with van der Waals surface area (Å²) in [7, 11) is 0. The maximum atomic E-state index is 5.21. The molecule has 0 amide bonds. The summed E-state index contributed by atoms with van der Waals surface area (Å²) in [6, 6.07) is 73.8. The van der Waals surface area contributed by atoms with Crippen molar-refractivity contribution >= 4 is 38.9 Å². The van der Waals surface area contributed by atoms with E-state index < -0.39 is 0 Å². The summed E-state index contributed by atoms with van der Waals surface area (Å²) in [5.41, 5.74) is 11.7. The molecule has 0 aliphatic heterocycles. The minimum absolute atomic E-state index is 0.622. The molecule has 0 saturated carbocycles. The first-order valence-electron chi connectivity index (χ1n) is 18.8. The second-order valence-corrected chi connectivity index (χ2v) is 13.7. The van der Waals surface area contributed by atoms with Gasteiger partial charge in [-0.3, -0.25) is 0 Å². The summed E-state index contributed by atoms with van der Waals surface area (Å²) in [5.74, 6) is 1.89. The summed E-state index contributed by atoms with van der Waals surface area (Å²) in [6.07, 6.45) is 0. The quantitative estimate of drug-likeness (QED) is 0.157. The molecule has 0 aliphatic carbocycles. The van der Waals surface area contributed by atoms with Gasteiger partial charge in [0.05, 0.1) is 11.0 Å². The van der Waals surface area contributed by atoms with E-state index in [1.165, 1.54) is 0 Å². The lowest BCUT2D eigenvalue weighted by Crippen LogP contribution is -2.09. The third kappa shape index (κ3) is 6.07. The fourth-order valence-corrected chi connectivity index (χ4v) is 7.64. The van der Waals surface area contributed by atoms with Crippen LogP contribution in [0.3, 0.4) is 0 Å². The van der Waals surface area contributed by atoms with Crippen LogP contribution in [0, 0.1) is 0 Å². The largest absolute Gasteiger partial charge is 0.310 e. The van der Waals surface area contributed by atoms with Gasteiger partial charge in [0.25, 0.3) is 0 Å². The normalized spacial score (nSPS) is 11.2. The highest BCUT2D eigenvalue weighted by Crippen LogP contribution is 2.39. The molecule has 5 heteroatoms. The predicted octanol–water partition coefficient (Wildman–Crippen LogP) is 13.1. The van der Waals surface area contributed by atoms with Crippen LogP contribution in [0.15, 0.2) is 212 Å². The van der Waals surface area contributed by atoms with Crippen molar-refractivity contribution in [1.29, 1.82) is 0 Å². The van der Waals surface area contributed by atoms with E-state index in [-0.39, 0.29) is 0 Å². The molecule has 2 aromatic heterocycles. The van der Waals surface area contributed by atoms with E-state index in [0.29, 0.717) is 17.5 Å². The molecule has 0 aliphatic rings. The number of fused-ring (bicyclic) bond motifs is 3. The van der Waals surface area contributed by atoms with Crippen LogP contribution in [0.4, 0.5) is 17.1 Å². The Kier molecular flexibility index (Phi) is 8.43. The van der Waals surface area contributed by atoms with Crippen molar-refractivity contribution in [3.63, 3.8) is 0 Å². The van der Waals surface area contributed by atoms with Crippen LogP contribution in [0.5, 0.6) is 0 Å². The number of hydrogen-bond acceptors (Lipinski definition) is 4. The number of benzene rings is 8. The highest BCUT2D eigenvalue weighted by atomic mass is 15.1. The predicted molar refractivity (Wildman–Crippen MR) is 231 cm³/mol. The zero-order chi connectivity index (χ0) is 37.3. The highest BCUT2D eigenvalue weighted by Gasteiger charge is 2.20. The number of hydrogen-bond donors (Lipinski definition) is 0. The van der Waals surface area contributed by atoms with Gasteiger partial charge in [0.1, 0.15) is 0 Å². The molecule has 2 heterocycles. The van der Waals surface area contributed by atoms with E-state index in [0.717, 1.165) is 72.4 Å². The van der Waals surface area contributed by atoms with Crippen molar-refractivity contribution in [3.8, 4) is 51.0 Å². The van der Waals surface area contributed by atoms with Crippen LogP contribution in [-0.4, -0.2) is 19.5 Å². The van der Waals surface area contributed by atoms with Crippen molar-refractivity contribution in [2.24, 2.45) is 0 Å². The molecule has 0 radical (unpaired) electrons. The van der Waals surface area contributed by atoms with Crippen molar-refractivity contribution in [1.82, 2.24) is 19.5 Å². The molecule has 0 fully saturated rings. The van der Waals surface area contributed by atoms with Gasteiger partial charge in [0.15, 0.2) is 17.5 Å². The van der Waals surface area contributed by atoms with Gasteiger partial charge >= 0.3 is 0 Å². The minimum atomic E-state index is 0.622. The molecular weight excluding hydrogens is 683 g/mol. The Labute approximate surface area is 325 Å². The zero-order valence-electron chi connectivity index (χ0n) is 30.4. The second kappa shape index (κ2) is 14.3. The van der Waals surface area contributed by atoms with E-state index in [1.807, 2.05) is 30.3 Å². The molecule has 8 aromatic carbocycles. The molecule has 0 atom stereocenters. The van der Waals surface area contributed by atoms with E-state index in [4.69, 9.17) is 15.0 Å². The highest BCUT2D eigenvalue weighted by molar-refractivity contribution is 6.15. The molecular formula is C51H35N5. The van der Waals surface area contributed by atoms with Gasteiger partial charge in [-0.1, -0.05) is 152 Å². The number of para-hydroxylation sites is 4. The fourth-order valence-electron chi connectivity index (χ4n) is 7.64. The Balaban J connectivity index is 1.08. The third-order valence-electron chi connectivity index (χ3n) is 10.2. The number of rotatable bonds is 8. The van der Waals surface area contributed by atoms with Crippen LogP contribution in [0.1, 0.15) is 0 Å². The molecule has 0 bridgehead atoms. The first kappa shape index (κ1) is 33.0. The van der Waals surface area contributed by atoms with Gasteiger partial charge in [-0.15, -0.1) is 0 Å². The minimum Gasteiger partial charge on any atom is -0.310 e. The molecule has 10 aromatic rings. The molecule has 10 rings (SSSR count). The Hall–Kier alpha value is -7.63. The molecule has 5 nitrogen and oxygen atoms in total. The number of aromatic nitrogens is 4.